The molecule has 0 aliphatic rings. The van der Waals surface area contributed by atoms with Crippen molar-refractivity contribution in [3.8, 4) is 33.4 Å². The fourth-order valence-electron chi connectivity index (χ4n) is 9.34. The quantitative estimate of drug-likeness (QED) is 0.170. The van der Waals surface area contributed by atoms with E-state index in [1.54, 1.807) is 0 Å². The van der Waals surface area contributed by atoms with Gasteiger partial charge in [0.15, 0.2) is 0 Å². The molecule has 0 unspecified atom stereocenters. The summed E-state index contributed by atoms with van der Waals surface area (Å²) in [6.07, 6.45) is 0. The predicted molar refractivity (Wildman–Crippen MR) is 217 cm³/mol. The van der Waals surface area contributed by atoms with Gasteiger partial charge in [-0.1, -0.05) is 152 Å². The van der Waals surface area contributed by atoms with Crippen LogP contribution < -0.4 is 0 Å². The molecule has 232 valence electrons. The highest BCUT2D eigenvalue weighted by atomic mass is 14.3. The Balaban J connectivity index is 1.49. The molecule has 0 saturated heterocycles. The van der Waals surface area contributed by atoms with Gasteiger partial charge in [0.2, 0.25) is 0 Å². The molecule has 50 heavy (non-hydrogen) atoms. The van der Waals surface area contributed by atoms with Crippen LogP contribution in [0.1, 0.15) is 11.1 Å². The van der Waals surface area contributed by atoms with Crippen LogP contribution in [0.4, 0.5) is 0 Å². The highest BCUT2D eigenvalue weighted by Crippen LogP contribution is 2.55. The largest absolute Gasteiger partial charge is 0.0622 e. The second kappa shape index (κ2) is 10.1. The Morgan fingerprint density at radius 2 is 0.760 bits per heavy atom. The highest BCUT2D eigenvalue weighted by molar-refractivity contribution is 6.45. The van der Waals surface area contributed by atoms with Gasteiger partial charge in [0.25, 0.3) is 0 Å². The van der Waals surface area contributed by atoms with Gasteiger partial charge in [-0.2, -0.15) is 0 Å². The van der Waals surface area contributed by atoms with E-state index in [9.17, 15) is 0 Å². The molecule has 11 aromatic carbocycles. The predicted octanol–water partition coefficient (Wildman–Crippen LogP) is 14.3. The first-order chi connectivity index (χ1) is 24.7. The maximum Gasteiger partial charge on any atom is -0.000708 e. The average Bonchev–Trinajstić information content (AvgIpc) is 3.67. The molecule has 0 radical (unpaired) electrons. The van der Waals surface area contributed by atoms with Crippen molar-refractivity contribution >= 4 is 75.4 Å². The van der Waals surface area contributed by atoms with Crippen LogP contribution >= 0.6 is 0 Å². The van der Waals surface area contributed by atoms with E-state index in [1.165, 1.54) is 120 Å². The molecular weight excluding hydrogens is 601 g/mol. The van der Waals surface area contributed by atoms with Crippen LogP contribution in [0.5, 0.6) is 0 Å². The molecule has 0 bridgehead atoms. The topological polar surface area (TPSA) is 0 Å². The SMILES string of the molecule is Cc1ccccc1-c1c2cc3c4ccccc4c4cccc(c2c(-c2ccccc2C)c2c5ccc(-c6ccccc6)c6cccc(c12)c65)c43. The van der Waals surface area contributed by atoms with Crippen molar-refractivity contribution in [1.29, 1.82) is 0 Å². The molecule has 0 aromatic heterocycles. The number of fused-ring (bicyclic) bond motifs is 8. The Kier molecular flexibility index (Phi) is 5.61. The third-order valence-electron chi connectivity index (χ3n) is 11.4. The van der Waals surface area contributed by atoms with Gasteiger partial charge in [-0.25, -0.2) is 0 Å². The van der Waals surface area contributed by atoms with Gasteiger partial charge in [0, 0.05) is 0 Å². The molecule has 0 saturated carbocycles. The molecule has 11 aromatic rings. The third kappa shape index (κ3) is 3.55. The smallest absolute Gasteiger partial charge is 0.000708 e. The van der Waals surface area contributed by atoms with Gasteiger partial charge >= 0.3 is 0 Å². The van der Waals surface area contributed by atoms with Gasteiger partial charge in [-0.3, -0.25) is 0 Å². The molecule has 0 fully saturated rings. The van der Waals surface area contributed by atoms with Crippen molar-refractivity contribution in [3.05, 3.63) is 169 Å². The summed E-state index contributed by atoms with van der Waals surface area (Å²) in [5, 5.41) is 18.7. The summed E-state index contributed by atoms with van der Waals surface area (Å²) in [5.74, 6) is 0. The fourth-order valence-corrected chi connectivity index (χ4v) is 9.34. The van der Waals surface area contributed by atoms with E-state index >= 15 is 0 Å². The van der Waals surface area contributed by atoms with E-state index in [0.717, 1.165) is 0 Å². The van der Waals surface area contributed by atoms with Crippen molar-refractivity contribution in [2.75, 3.05) is 0 Å². The van der Waals surface area contributed by atoms with Crippen LogP contribution in [0.15, 0.2) is 158 Å². The van der Waals surface area contributed by atoms with Crippen LogP contribution in [-0.4, -0.2) is 0 Å². The summed E-state index contributed by atoms with van der Waals surface area (Å²) in [5.41, 5.74) is 10.4. The fraction of sp³-hybridized carbons (Fsp3) is 0.0400. The zero-order valence-electron chi connectivity index (χ0n) is 28.0. The zero-order valence-corrected chi connectivity index (χ0v) is 28.0. The Bertz CT molecular complexity index is 3140. The summed E-state index contributed by atoms with van der Waals surface area (Å²) in [6, 6.07) is 59.0. The van der Waals surface area contributed by atoms with Gasteiger partial charge in [-0.05, 0) is 140 Å². The lowest BCUT2D eigenvalue weighted by Gasteiger charge is -2.20. The first-order valence-corrected chi connectivity index (χ1v) is 17.6. The van der Waals surface area contributed by atoms with Crippen molar-refractivity contribution in [2.45, 2.75) is 13.8 Å². The van der Waals surface area contributed by atoms with Crippen molar-refractivity contribution in [1.82, 2.24) is 0 Å². The zero-order chi connectivity index (χ0) is 33.1. The number of hydrogen-bond acceptors (Lipinski definition) is 0. The Labute approximate surface area is 290 Å². The minimum atomic E-state index is 1.25. The van der Waals surface area contributed by atoms with Gasteiger partial charge < -0.3 is 0 Å². The molecule has 0 N–H and O–H groups in total. The number of hydrogen-bond donors (Lipinski definition) is 0. The van der Waals surface area contributed by atoms with Gasteiger partial charge in [0.1, 0.15) is 0 Å². The third-order valence-corrected chi connectivity index (χ3v) is 11.4. The molecule has 0 aliphatic carbocycles. The Morgan fingerprint density at radius 1 is 0.260 bits per heavy atom. The van der Waals surface area contributed by atoms with Crippen LogP contribution in [0.2, 0.25) is 0 Å². The van der Waals surface area contributed by atoms with Crippen LogP contribution in [0, 0.1) is 13.8 Å². The molecule has 0 nitrogen and oxygen atoms in total. The van der Waals surface area contributed by atoms with E-state index < -0.39 is 0 Å². The lowest BCUT2D eigenvalue weighted by atomic mass is 9.82. The maximum absolute atomic E-state index is 2.54. The maximum atomic E-state index is 2.54. The summed E-state index contributed by atoms with van der Waals surface area (Å²) in [7, 11) is 0. The van der Waals surface area contributed by atoms with Crippen LogP contribution in [0.25, 0.3) is 109 Å². The summed E-state index contributed by atoms with van der Waals surface area (Å²) >= 11 is 0. The van der Waals surface area contributed by atoms with Crippen LogP contribution in [0.3, 0.4) is 0 Å². The van der Waals surface area contributed by atoms with Crippen LogP contribution in [-0.2, 0) is 0 Å². The van der Waals surface area contributed by atoms with Crippen molar-refractivity contribution in [2.24, 2.45) is 0 Å². The van der Waals surface area contributed by atoms with E-state index in [-0.39, 0.29) is 0 Å². The lowest BCUT2D eigenvalue weighted by Crippen LogP contribution is -1.93. The molecule has 0 heterocycles. The molecule has 0 amide bonds. The summed E-state index contributed by atoms with van der Waals surface area (Å²) in [4.78, 5) is 0. The molecule has 0 atom stereocenters. The standard InChI is InChI=1S/C50H32/c1-29-14-6-8-18-32(29)46-43-28-42-36-21-11-10-20-35(36)38-23-13-24-39(45(38)42)47(43)48(33-19-9-7-15-30(33)2)50-41-27-26-34(31-16-4-3-5-17-31)37-22-12-25-40(44(37)41)49(46)50/h3-28H,1-2H3. The second-order valence-electron chi connectivity index (χ2n) is 14.0. The van der Waals surface area contributed by atoms with Crippen molar-refractivity contribution < 1.29 is 0 Å². The van der Waals surface area contributed by atoms with E-state index in [2.05, 4.69) is 172 Å². The van der Waals surface area contributed by atoms with E-state index in [4.69, 9.17) is 0 Å². The molecule has 0 spiro atoms. The van der Waals surface area contributed by atoms with E-state index in [1.807, 2.05) is 0 Å². The van der Waals surface area contributed by atoms with Crippen molar-refractivity contribution in [3.63, 3.8) is 0 Å². The highest BCUT2D eigenvalue weighted by Gasteiger charge is 2.27. The molecular formula is C50H32. The summed E-state index contributed by atoms with van der Waals surface area (Å²) in [6.45, 7) is 4.54. The normalized spacial score (nSPS) is 12.2. The van der Waals surface area contributed by atoms with Gasteiger partial charge in [-0.15, -0.1) is 0 Å². The number of benzene rings is 9. The molecule has 0 heteroatoms. The average molecular weight is 633 g/mol. The Morgan fingerprint density at radius 3 is 1.48 bits per heavy atom. The van der Waals surface area contributed by atoms with Gasteiger partial charge in [0.05, 0.1) is 0 Å². The summed E-state index contributed by atoms with van der Waals surface area (Å²) < 4.78 is 0. The Hall–Kier alpha value is -6.24. The minimum Gasteiger partial charge on any atom is -0.0622 e. The second-order valence-corrected chi connectivity index (χ2v) is 14.0. The number of aryl methyl sites for hydroxylation is 2. The molecule has 11 rings (SSSR count). The first kappa shape index (κ1) is 27.7. The first-order valence-electron chi connectivity index (χ1n) is 17.6. The molecule has 0 aliphatic heterocycles. The van der Waals surface area contributed by atoms with E-state index in [0.29, 0.717) is 0 Å². The monoisotopic (exact) mass is 632 g/mol. The number of rotatable bonds is 3. The minimum absolute atomic E-state index is 1.25. The lowest BCUT2D eigenvalue weighted by molar-refractivity contribution is 1.47.